The Balaban J connectivity index is 2.05. The quantitative estimate of drug-likeness (QED) is 0.359. The zero-order valence-electron chi connectivity index (χ0n) is 13.7. The number of nitrogens with zero attached hydrogens (tertiary/aromatic N) is 1. The van der Waals surface area contributed by atoms with Gasteiger partial charge in [0.1, 0.15) is 4.70 Å². The van der Waals surface area contributed by atoms with Gasteiger partial charge < -0.3 is 0 Å². The van der Waals surface area contributed by atoms with Gasteiger partial charge in [-0.25, -0.2) is 0 Å². The van der Waals surface area contributed by atoms with Gasteiger partial charge in [0.15, 0.2) is 6.04 Å². The molecule has 0 amide bonds. The van der Waals surface area contributed by atoms with E-state index < -0.39 is 0 Å². The van der Waals surface area contributed by atoms with E-state index in [2.05, 4.69) is 48.2 Å². The summed E-state index contributed by atoms with van der Waals surface area (Å²) in [7, 11) is 0. The predicted molar refractivity (Wildman–Crippen MR) is 94.0 cm³/mol. The molecule has 1 aromatic carbocycles. The van der Waals surface area contributed by atoms with Crippen LogP contribution in [0.1, 0.15) is 77.7 Å². The first kappa shape index (κ1) is 16.5. The number of aromatic nitrogens is 1. The zero-order valence-corrected chi connectivity index (χ0v) is 14.5. The third-order valence-corrected chi connectivity index (χ3v) is 5.29. The van der Waals surface area contributed by atoms with E-state index >= 15 is 0 Å². The van der Waals surface area contributed by atoms with Gasteiger partial charge in [-0.1, -0.05) is 69.4 Å². The van der Waals surface area contributed by atoms with Crippen LogP contribution < -0.4 is 4.57 Å². The minimum Gasteiger partial charge on any atom is -0.186 e. The van der Waals surface area contributed by atoms with Crippen molar-refractivity contribution in [1.29, 1.82) is 0 Å². The smallest absolute Gasteiger partial charge is 0.186 e. The molecule has 21 heavy (non-hydrogen) atoms. The van der Waals surface area contributed by atoms with Crippen molar-refractivity contribution in [2.24, 2.45) is 0 Å². The fourth-order valence-corrected chi connectivity index (χ4v) is 4.05. The van der Waals surface area contributed by atoms with Gasteiger partial charge in [-0.2, -0.15) is 4.57 Å². The second kappa shape index (κ2) is 9.19. The highest BCUT2D eigenvalue weighted by Gasteiger charge is 2.22. The molecule has 2 aromatic rings. The molecule has 0 saturated carbocycles. The first-order chi connectivity index (χ1) is 10.4. The Hall–Kier alpha value is -0.890. The molecule has 0 saturated heterocycles. The molecule has 116 valence electrons. The van der Waals surface area contributed by atoms with E-state index in [1.165, 1.54) is 68.0 Å². The molecular weight excluding hydrogens is 274 g/mol. The Morgan fingerprint density at radius 3 is 2.33 bits per heavy atom. The number of thiazole rings is 1. The number of para-hydroxylation sites is 1. The minimum atomic E-state index is 0.699. The van der Waals surface area contributed by atoms with Gasteiger partial charge in [0, 0.05) is 18.9 Å². The Morgan fingerprint density at radius 2 is 1.57 bits per heavy atom. The van der Waals surface area contributed by atoms with E-state index in [1.807, 2.05) is 11.3 Å². The second-order valence-electron chi connectivity index (χ2n) is 6.10. The summed E-state index contributed by atoms with van der Waals surface area (Å²) < 4.78 is 3.98. The fraction of sp³-hybridized carbons (Fsp3) is 0.632. The van der Waals surface area contributed by atoms with Gasteiger partial charge in [-0.15, -0.1) is 0 Å². The van der Waals surface area contributed by atoms with Gasteiger partial charge in [0.25, 0.3) is 0 Å². The van der Waals surface area contributed by atoms with Crippen molar-refractivity contribution in [1.82, 2.24) is 0 Å². The number of benzene rings is 1. The van der Waals surface area contributed by atoms with Crippen LogP contribution in [0.2, 0.25) is 0 Å². The number of hydrogen-bond acceptors (Lipinski definition) is 1. The van der Waals surface area contributed by atoms with Crippen molar-refractivity contribution >= 4 is 21.6 Å². The van der Waals surface area contributed by atoms with E-state index in [0.29, 0.717) is 6.04 Å². The molecule has 2 heteroatoms. The first-order valence-electron chi connectivity index (χ1n) is 8.74. The van der Waals surface area contributed by atoms with Crippen molar-refractivity contribution in [2.45, 2.75) is 77.7 Å². The van der Waals surface area contributed by atoms with Crippen molar-refractivity contribution in [3.63, 3.8) is 0 Å². The topological polar surface area (TPSA) is 3.88 Å². The summed E-state index contributed by atoms with van der Waals surface area (Å²) in [6.45, 7) is 4.59. The largest absolute Gasteiger partial charge is 0.226 e. The van der Waals surface area contributed by atoms with Crippen LogP contribution in [0, 0.1) is 0 Å². The van der Waals surface area contributed by atoms with E-state index in [4.69, 9.17) is 0 Å². The molecule has 1 atom stereocenters. The lowest BCUT2D eigenvalue weighted by atomic mass is 10.0. The first-order valence-corrected chi connectivity index (χ1v) is 9.62. The molecule has 1 aromatic heterocycles. The molecule has 0 radical (unpaired) electrons. The summed E-state index contributed by atoms with van der Waals surface area (Å²) in [6, 6.07) is 9.55. The van der Waals surface area contributed by atoms with Gasteiger partial charge in [0.2, 0.25) is 11.0 Å². The minimum absolute atomic E-state index is 0.699. The van der Waals surface area contributed by atoms with Crippen molar-refractivity contribution in [3.05, 3.63) is 29.8 Å². The molecule has 0 aliphatic carbocycles. The highest BCUT2D eigenvalue weighted by molar-refractivity contribution is 7.16. The number of unbranched alkanes of at least 4 members (excludes halogenated alkanes) is 5. The SMILES string of the molecule is CCCCCCC(CCCCC)[n+]1csc2ccccc21. The molecule has 0 aliphatic heterocycles. The lowest BCUT2D eigenvalue weighted by molar-refractivity contribution is -0.696. The van der Waals surface area contributed by atoms with Gasteiger partial charge in [-0.3, -0.25) is 0 Å². The van der Waals surface area contributed by atoms with Crippen LogP contribution in [0.5, 0.6) is 0 Å². The molecule has 2 rings (SSSR count). The predicted octanol–water partition coefficient (Wildman–Crippen LogP) is 6.28. The Labute approximate surface area is 134 Å². The second-order valence-corrected chi connectivity index (χ2v) is 6.98. The van der Waals surface area contributed by atoms with Gasteiger partial charge in [0.05, 0.1) is 0 Å². The van der Waals surface area contributed by atoms with E-state index in [0.717, 1.165) is 0 Å². The van der Waals surface area contributed by atoms with E-state index in [9.17, 15) is 0 Å². The number of fused-ring (bicyclic) bond motifs is 1. The maximum atomic E-state index is 2.56. The molecule has 1 unspecified atom stereocenters. The van der Waals surface area contributed by atoms with Crippen LogP contribution in [0.3, 0.4) is 0 Å². The van der Waals surface area contributed by atoms with Crippen molar-refractivity contribution in [2.75, 3.05) is 0 Å². The van der Waals surface area contributed by atoms with Crippen molar-refractivity contribution < 1.29 is 4.57 Å². The van der Waals surface area contributed by atoms with Crippen LogP contribution in [-0.2, 0) is 0 Å². The van der Waals surface area contributed by atoms with E-state index in [-0.39, 0.29) is 0 Å². The highest BCUT2D eigenvalue weighted by Crippen LogP contribution is 2.23. The maximum Gasteiger partial charge on any atom is 0.226 e. The molecule has 1 heterocycles. The summed E-state index contributed by atoms with van der Waals surface area (Å²) in [5, 5.41) is 0. The number of hydrogen-bond donors (Lipinski definition) is 0. The lowest BCUT2D eigenvalue weighted by Gasteiger charge is -2.11. The van der Waals surface area contributed by atoms with Crippen LogP contribution in [0.15, 0.2) is 29.8 Å². The summed E-state index contributed by atoms with van der Waals surface area (Å²) in [6.07, 6.45) is 12.2. The van der Waals surface area contributed by atoms with Gasteiger partial charge in [-0.05, 0) is 18.9 Å². The van der Waals surface area contributed by atoms with Crippen LogP contribution in [-0.4, -0.2) is 0 Å². The molecule has 0 spiro atoms. The highest BCUT2D eigenvalue weighted by atomic mass is 32.1. The summed E-state index contributed by atoms with van der Waals surface area (Å²) in [4.78, 5) is 0. The van der Waals surface area contributed by atoms with Crippen LogP contribution in [0.4, 0.5) is 0 Å². The summed E-state index contributed by atoms with van der Waals surface area (Å²) in [5.74, 6) is 0. The Kier molecular flexibility index (Phi) is 7.21. The summed E-state index contributed by atoms with van der Waals surface area (Å²) in [5.41, 5.74) is 3.78. The zero-order chi connectivity index (χ0) is 14.9. The Morgan fingerprint density at radius 1 is 0.905 bits per heavy atom. The van der Waals surface area contributed by atoms with Crippen LogP contribution in [0.25, 0.3) is 10.2 Å². The normalized spacial score (nSPS) is 12.9. The number of rotatable bonds is 10. The molecule has 0 bridgehead atoms. The molecule has 0 fully saturated rings. The maximum absolute atomic E-state index is 2.56. The van der Waals surface area contributed by atoms with Gasteiger partial charge >= 0.3 is 0 Å². The average Bonchev–Trinajstić information content (AvgIpc) is 2.94. The molecule has 0 aliphatic rings. The molecule has 0 N–H and O–H groups in total. The molecular formula is C19H30NS+. The van der Waals surface area contributed by atoms with E-state index in [1.54, 1.807) is 0 Å². The Bertz CT molecular complexity index is 517. The standard InChI is InChI=1S/C19H30NS/c1-3-5-7-9-13-17(12-8-6-4-2)20-16-21-19-15-11-10-14-18(19)20/h10-11,14-17H,3-9,12-13H2,1-2H3/q+1. The lowest BCUT2D eigenvalue weighted by Crippen LogP contribution is -2.37. The fourth-order valence-electron chi connectivity index (χ4n) is 3.08. The van der Waals surface area contributed by atoms with Crippen molar-refractivity contribution in [3.8, 4) is 0 Å². The third-order valence-electron chi connectivity index (χ3n) is 4.36. The van der Waals surface area contributed by atoms with Crippen LogP contribution >= 0.6 is 11.3 Å². The average molecular weight is 305 g/mol. The summed E-state index contributed by atoms with van der Waals surface area (Å²) >= 11 is 1.89. The monoisotopic (exact) mass is 304 g/mol. The third kappa shape index (κ3) is 4.81. The molecule has 1 nitrogen and oxygen atoms in total.